The lowest BCUT2D eigenvalue weighted by Crippen LogP contribution is -2.24. The molecule has 1 aromatic carbocycles. The summed E-state index contributed by atoms with van der Waals surface area (Å²) in [6.07, 6.45) is 8.16. The van der Waals surface area contributed by atoms with E-state index < -0.39 is 0 Å². The zero-order valence-corrected chi connectivity index (χ0v) is 16.9. The smallest absolute Gasteiger partial charge is 0.261 e. The Morgan fingerprint density at radius 2 is 1.93 bits per heavy atom. The van der Waals surface area contributed by atoms with Gasteiger partial charge < -0.3 is 9.88 Å². The van der Waals surface area contributed by atoms with Crippen molar-refractivity contribution in [3.8, 4) is 0 Å². The fourth-order valence-electron chi connectivity index (χ4n) is 3.38. The molecule has 1 amide bonds. The summed E-state index contributed by atoms with van der Waals surface area (Å²) < 4.78 is 2.38. The van der Waals surface area contributed by atoms with Gasteiger partial charge in [-0.1, -0.05) is 50.8 Å². The van der Waals surface area contributed by atoms with Crippen molar-refractivity contribution >= 4 is 28.3 Å². The first kappa shape index (κ1) is 19.6. The molecule has 0 atom stereocenters. The number of carbonyl (C=O) groups is 1. The Balaban J connectivity index is 1.56. The SMILES string of the molecule is CCCCCCCn1c(CCCNC(=O)c2cccs2)nc2ccccc21. The Morgan fingerprint density at radius 3 is 2.74 bits per heavy atom. The second-order valence-corrected chi connectivity index (χ2v) is 7.87. The average Bonchev–Trinajstić information content (AvgIpc) is 3.33. The lowest BCUT2D eigenvalue weighted by Gasteiger charge is -2.10. The van der Waals surface area contributed by atoms with Gasteiger partial charge in [0.15, 0.2) is 0 Å². The van der Waals surface area contributed by atoms with E-state index in [4.69, 9.17) is 4.98 Å². The quantitative estimate of drug-likeness (QED) is 0.449. The molecular weight excluding hydrogens is 354 g/mol. The number of carbonyl (C=O) groups excluding carboxylic acids is 1. The number of nitrogens with one attached hydrogen (secondary N) is 1. The molecule has 3 aromatic rings. The number of benzene rings is 1. The van der Waals surface area contributed by atoms with Crippen LogP contribution in [0.3, 0.4) is 0 Å². The number of hydrogen-bond donors (Lipinski definition) is 1. The molecule has 0 aliphatic rings. The number of para-hydroxylation sites is 2. The summed E-state index contributed by atoms with van der Waals surface area (Å²) in [4.78, 5) is 17.7. The molecule has 0 saturated carbocycles. The molecule has 0 unspecified atom stereocenters. The van der Waals surface area contributed by atoms with Gasteiger partial charge in [0.2, 0.25) is 0 Å². The van der Waals surface area contributed by atoms with Crippen molar-refractivity contribution in [3.63, 3.8) is 0 Å². The van der Waals surface area contributed by atoms with Crippen LogP contribution in [0.4, 0.5) is 0 Å². The number of rotatable bonds is 11. The summed E-state index contributed by atoms with van der Waals surface area (Å²) in [5.41, 5.74) is 2.30. The van der Waals surface area contributed by atoms with Gasteiger partial charge >= 0.3 is 0 Å². The second kappa shape index (κ2) is 10.3. The first-order chi connectivity index (χ1) is 13.3. The van der Waals surface area contributed by atoms with E-state index in [-0.39, 0.29) is 5.91 Å². The highest BCUT2D eigenvalue weighted by Gasteiger charge is 2.11. The van der Waals surface area contributed by atoms with Crippen LogP contribution in [-0.2, 0) is 13.0 Å². The van der Waals surface area contributed by atoms with E-state index in [1.165, 1.54) is 49.0 Å². The fourth-order valence-corrected chi connectivity index (χ4v) is 4.02. The Morgan fingerprint density at radius 1 is 1.07 bits per heavy atom. The molecular formula is C22H29N3OS. The van der Waals surface area contributed by atoms with Crippen molar-refractivity contribution in [3.05, 3.63) is 52.5 Å². The number of aromatic nitrogens is 2. The Bertz CT molecular complexity index is 838. The zero-order chi connectivity index (χ0) is 18.9. The van der Waals surface area contributed by atoms with Gasteiger partial charge in [0.25, 0.3) is 5.91 Å². The van der Waals surface area contributed by atoms with Crippen LogP contribution in [0.2, 0.25) is 0 Å². The predicted molar refractivity (Wildman–Crippen MR) is 113 cm³/mol. The fraction of sp³-hybridized carbons (Fsp3) is 0.455. The molecule has 0 saturated heterocycles. The van der Waals surface area contributed by atoms with Crippen LogP contribution in [0.15, 0.2) is 41.8 Å². The van der Waals surface area contributed by atoms with Crippen LogP contribution in [0.1, 0.15) is 60.9 Å². The van der Waals surface area contributed by atoms with Crippen LogP contribution in [-0.4, -0.2) is 22.0 Å². The van der Waals surface area contributed by atoms with Crippen molar-refractivity contribution in [1.29, 1.82) is 0 Å². The van der Waals surface area contributed by atoms with E-state index in [0.29, 0.717) is 6.54 Å². The number of aryl methyl sites for hydroxylation is 2. The molecule has 0 aliphatic carbocycles. The molecule has 5 heteroatoms. The van der Waals surface area contributed by atoms with Gasteiger partial charge in [0.1, 0.15) is 5.82 Å². The Labute approximate surface area is 165 Å². The number of fused-ring (bicyclic) bond motifs is 1. The number of nitrogens with zero attached hydrogens (tertiary/aromatic N) is 2. The van der Waals surface area contributed by atoms with Gasteiger partial charge in [0, 0.05) is 19.5 Å². The number of hydrogen-bond acceptors (Lipinski definition) is 3. The number of amides is 1. The Kier molecular flexibility index (Phi) is 7.45. The monoisotopic (exact) mass is 383 g/mol. The summed E-state index contributed by atoms with van der Waals surface area (Å²) in [7, 11) is 0. The highest BCUT2D eigenvalue weighted by molar-refractivity contribution is 7.12. The molecule has 0 aliphatic heterocycles. The third-order valence-corrected chi connectivity index (χ3v) is 5.70. The van der Waals surface area contributed by atoms with Crippen LogP contribution >= 0.6 is 11.3 Å². The van der Waals surface area contributed by atoms with E-state index >= 15 is 0 Å². The molecule has 4 nitrogen and oxygen atoms in total. The molecule has 27 heavy (non-hydrogen) atoms. The normalized spacial score (nSPS) is 11.1. The van der Waals surface area contributed by atoms with Gasteiger partial charge in [0.05, 0.1) is 15.9 Å². The van der Waals surface area contributed by atoms with E-state index in [0.717, 1.165) is 35.6 Å². The zero-order valence-electron chi connectivity index (χ0n) is 16.1. The van der Waals surface area contributed by atoms with E-state index in [1.807, 2.05) is 23.6 Å². The highest BCUT2D eigenvalue weighted by atomic mass is 32.1. The van der Waals surface area contributed by atoms with Crippen molar-refractivity contribution in [2.24, 2.45) is 0 Å². The lowest BCUT2D eigenvalue weighted by atomic mass is 10.1. The largest absolute Gasteiger partial charge is 0.351 e. The number of thiophene rings is 1. The lowest BCUT2D eigenvalue weighted by molar-refractivity contribution is 0.0957. The van der Waals surface area contributed by atoms with Crippen LogP contribution in [0, 0.1) is 0 Å². The number of imidazole rings is 1. The number of unbranched alkanes of at least 4 members (excludes halogenated alkanes) is 4. The molecule has 0 bridgehead atoms. The molecule has 1 N–H and O–H groups in total. The van der Waals surface area contributed by atoms with Gasteiger partial charge in [-0.2, -0.15) is 0 Å². The minimum atomic E-state index is 0.0226. The Hall–Kier alpha value is -2.14. The van der Waals surface area contributed by atoms with Crippen molar-refractivity contribution in [2.75, 3.05) is 6.54 Å². The third kappa shape index (κ3) is 5.42. The van der Waals surface area contributed by atoms with Crippen molar-refractivity contribution < 1.29 is 4.79 Å². The van der Waals surface area contributed by atoms with Gasteiger partial charge in [-0.25, -0.2) is 4.98 Å². The first-order valence-corrected chi connectivity index (χ1v) is 10.9. The summed E-state index contributed by atoms with van der Waals surface area (Å²) in [6, 6.07) is 12.1. The summed E-state index contributed by atoms with van der Waals surface area (Å²) >= 11 is 1.48. The molecule has 144 valence electrons. The maximum atomic E-state index is 12.0. The van der Waals surface area contributed by atoms with Gasteiger partial charge in [-0.05, 0) is 36.4 Å². The van der Waals surface area contributed by atoms with Gasteiger partial charge in [-0.15, -0.1) is 11.3 Å². The molecule has 2 heterocycles. The third-order valence-electron chi connectivity index (χ3n) is 4.83. The van der Waals surface area contributed by atoms with Crippen molar-refractivity contribution in [2.45, 2.75) is 58.4 Å². The van der Waals surface area contributed by atoms with Crippen LogP contribution in [0.5, 0.6) is 0 Å². The first-order valence-electron chi connectivity index (χ1n) is 10.1. The maximum Gasteiger partial charge on any atom is 0.261 e. The van der Waals surface area contributed by atoms with E-state index in [2.05, 4.69) is 35.0 Å². The standard InChI is InChI=1S/C22H29N3OS/c1-2-3-4-5-8-16-25-19-12-7-6-11-18(19)24-21(25)14-9-15-23-22(26)20-13-10-17-27-20/h6-7,10-13,17H,2-5,8-9,14-16H2,1H3,(H,23,26). The summed E-state index contributed by atoms with van der Waals surface area (Å²) in [5.74, 6) is 1.16. The van der Waals surface area contributed by atoms with E-state index in [1.54, 1.807) is 0 Å². The molecule has 3 rings (SSSR count). The highest BCUT2D eigenvalue weighted by Crippen LogP contribution is 2.18. The summed E-state index contributed by atoms with van der Waals surface area (Å²) in [5, 5.41) is 4.94. The van der Waals surface area contributed by atoms with Gasteiger partial charge in [-0.3, -0.25) is 4.79 Å². The molecule has 0 spiro atoms. The molecule has 2 aromatic heterocycles. The van der Waals surface area contributed by atoms with E-state index in [9.17, 15) is 4.79 Å². The predicted octanol–water partition coefficient (Wildman–Crippen LogP) is 5.43. The molecule has 0 radical (unpaired) electrons. The minimum Gasteiger partial charge on any atom is -0.351 e. The topological polar surface area (TPSA) is 46.9 Å². The average molecular weight is 384 g/mol. The molecule has 0 fully saturated rings. The maximum absolute atomic E-state index is 12.0. The van der Waals surface area contributed by atoms with Crippen LogP contribution in [0.25, 0.3) is 11.0 Å². The minimum absolute atomic E-state index is 0.0226. The summed E-state index contributed by atoms with van der Waals surface area (Å²) in [6.45, 7) is 3.95. The second-order valence-electron chi connectivity index (χ2n) is 6.92. The van der Waals surface area contributed by atoms with Crippen molar-refractivity contribution in [1.82, 2.24) is 14.9 Å². The van der Waals surface area contributed by atoms with Crippen LogP contribution < -0.4 is 5.32 Å².